The Balaban J connectivity index is 1.50. The fraction of sp³-hybridized carbons (Fsp3) is 0.750. The minimum atomic E-state index is 0.748. The third-order valence-electron chi connectivity index (χ3n) is 4.64. The highest BCUT2D eigenvalue weighted by atomic mass is 16.3. The van der Waals surface area contributed by atoms with Crippen molar-refractivity contribution in [2.45, 2.75) is 58.2 Å². The molecule has 0 amide bonds. The lowest BCUT2D eigenvalue weighted by Crippen LogP contribution is -2.33. The Bertz CT molecular complexity index is 389. The Kier molecular flexibility index (Phi) is 4.24. The molecule has 3 nitrogen and oxygen atoms in total. The van der Waals surface area contributed by atoms with E-state index in [0.29, 0.717) is 0 Å². The predicted octanol–water partition coefficient (Wildman–Crippen LogP) is 3.15. The van der Waals surface area contributed by atoms with Crippen LogP contribution in [0.4, 0.5) is 0 Å². The van der Waals surface area contributed by atoms with Gasteiger partial charge in [0.15, 0.2) is 0 Å². The van der Waals surface area contributed by atoms with Gasteiger partial charge in [0.1, 0.15) is 5.76 Å². The van der Waals surface area contributed by atoms with Crippen LogP contribution in [0.3, 0.4) is 0 Å². The van der Waals surface area contributed by atoms with Crippen molar-refractivity contribution in [3.63, 3.8) is 0 Å². The molecule has 3 heteroatoms. The minimum absolute atomic E-state index is 0.748. The zero-order chi connectivity index (χ0) is 13.1. The van der Waals surface area contributed by atoms with E-state index in [0.717, 1.165) is 30.8 Å². The summed E-state index contributed by atoms with van der Waals surface area (Å²) in [6, 6.07) is 2.90. The number of likely N-dealkylation sites (tertiary alicyclic amines) is 1. The topological polar surface area (TPSA) is 28.4 Å². The van der Waals surface area contributed by atoms with Crippen molar-refractivity contribution in [3.05, 3.63) is 23.7 Å². The maximum atomic E-state index is 5.64. The van der Waals surface area contributed by atoms with E-state index in [1.165, 1.54) is 50.8 Å². The van der Waals surface area contributed by atoms with Crippen LogP contribution in [0, 0.1) is 5.92 Å². The van der Waals surface area contributed by atoms with E-state index < -0.39 is 0 Å². The van der Waals surface area contributed by atoms with E-state index in [-0.39, 0.29) is 0 Å². The maximum Gasteiger partial charge on any atom is 0.122 e. The normalized spacial score (nSPS) is 21.9. The van der Waals surface area contributed by atoms with Gasteiger partial charge in [0.25, 0.3) is 0 Å². The Hall–Kier alpha value is -0.800. The van der Waals surface area contributed by atoms with Crippen LogP contribution in [0.25, 0.3) is 0 Å². The van der Waals surface area contributed by atoms with E-state index in [9.17, 15) is 0 Å². The Morgan fingerprint density at radius 2 is 2.05 bits per heavy atom. The molecule has 1 saturated carbocycles. The van der Waals surface area contributed by atoms with Gasteiger partial charge in [0, 0.05) is 18.2 Å². The molecule has 2 aliphatic rings. The molecule has 0 unspecified atom stereocenters. The van der Waals surface area contributed by atoms with Crippen molar-refractivity contribution in [1.29, 1.82) is 0 Å². The monoisotopic (exact) mass is 262 g/mol. The summed E-state index contributed by atoms with van der Waals surface area (Å²) in [4.78, 5) is 2.58. The molecule has 1 aromatic heterocycles. The molecule has 3 rings (SSSR count). The quantitative estimate of drug-likeness (QED) is 0.853. The molecule has 1 aliphatic heterocycles. The van der Waals surface area contributed by atoms with Crippen LogP contribution >= 0.6 is 0 Å². The summed E-state index contributed by atoms with van der Waals surface area (Å²) in [5, 5.41) is 3.54. The number of hydrogen-bond donors (Lipinski definition) is 1. The van der Waals surface area contributed by atoms with Crippen LogP contribution in [-0.2, 0) is 13.1 Å². The fourth-order valence-electron chi connectivity index (χ4n) is 2.98. The first-order valence-corrected chi connectivity index (χ1v) is 7.86. The van der Waals surface area contributed by atoms with Gasteiger partial charge in [-0.15, -0.1) is 0 Å². The number of rotatable bonds is 6. The van der Waals surface area contributed by atoms with Crippen LogP contribution in [0.2, 0.25) is 0 Å². The molecule has 1 N–H and O–H groups in total. The minimum Gasteiger partial charge on any atom is -0.468 e. The van der Waals surface area contributed by atoms with Gasteiger partial charge in [0.2, 0.25) is 0 Å². The molecule has 1 aromatic rings. The molecule has 0 spiro atoms. The van der Waals surface area contributed by atoms with Crippen molar-refractivity contribution in [2.75, 3.05) is 13.1 Å². The average molecular weight is 262 g/mol. The molecule has 0 atom stereocenters. The van der Waals surface area contributed by atoms with Crippen molar-refractivity contribution in [1.82, 2.24) is 10.2 Å². The zero-order valence-corrected chi connectivity index (χ0v) is 12.0. The highest BCUT2D eigenvalue weighted by Crippen LogP contribution is 2.23. The molecule has 1 saturated heterocycles. The summed E-state index contributed by atoms with van der Waals surface area (Å²) in [6.07, 6.45) is 8.59. The SMILES string of the molecule is CCC1CCN(Cc2ccoc2CNC2CC2)CC1. The van der Waals surface area contributed by atoms with Crippen molar-refractivity contribution in [3.8, 4) is 0 Å². The molecular formula is C16H26N2O. The van der Waals surface area contributed by atoms with E-state index in [2.05, 4.69) is 23.2 Å². The molecule has 0 radical (unpaired) electrons. The smallest absolute Gasteiger partial charge is 0.122 e. The first kappa shape index (κ1) is 13.2. The van der Waals surface area contributed by atoms with Crippen molar-refractivity contribution >= 4 is 0 Å². The molecule has 2 heterocycles. The second-order valence-corrected chi connectivity index (χ2v) is 6.15. The summed E-state index contributed by atoms with van der Waals surface area (Å²) in [5.41, 5.74) is 1.38. The van der Waals surface area contributed by atoms with Gasteiger partial charge < -0.3 is 9.73 Å². The standard InChI is InChI=1S/C16H26N2O/c1-2-13-5-8-18(9-6-13)12-14-7-10-19-16(14)11-17-15-3-4-15/h7,10,13,15,17H,2-6,8-9,11-12H2,1H3. The van der Waals surface area contributed by atoms with Crippen LogP contribution in [-0.4, -0.2) is 24.0 Å². The van der Waals surface area contributed by atoms with E-state index in [1.54, 1.807) is 0 Å². The van der Waals surface area contributed by atoms with Gasteiger partial charge in [-0.05, 0) is 50.8 Å². The summed E-state index contributed by atoms with van der Waals surface area (Å²) in [5.74, 6) is 2.10. The Morgan fingerprint density at radius 3 is 2.74 bits per heavy atom. The van der Waals surface area contributed by atoms with E-state index in [4.69, 9.17) is 4.42 Å². The number of nitrogens with one attached hydrogen (secondary N) is 1. The van der Waals surface area contributed by atoms with Crippen LogP contribution in [0.1, 0.15) is 50.4 Å². The van der Waals surface area contributed by atoms with Gasteiger partial charge in [-0.1, -0.05) is 13.3 Å². The zero-order valence-electron chi connectivity index (χ0n) is 12.0. The fourth-order valence-corrected chi connectivity index (χ4v) is 2.98. The highest BCUT2D eigenvalue weighted by Gasteiger charge is 2.22. The number of furan rings is 1. The second-order valence-electron chi connectivity index (χ2n) is 6.15. The molecule has 0 bridgehead atoms. The van der Waals surface area contributed by atoms with Crippen molar-refractivity contribution < 1.29 is 4.42 Å². The Labute approximate surface area is 116 Å². The molecule has 2 fully saturated rings. The molecular weight excluding hydrogens is 236 g/mol. The lowest BCUT2D eigenvalue weighted by molar-refractivity contribution is 0.174. The first-order valence-electron chi connectivity index (χ1n) is 7.86. The van der Waals surface area contributed by atoms with Crippen LogP contribution < -0.4 is 5.32 Å². The third-order valence-corrected chi connectivity index (χ3v) is 4.64. The van der Waals surface area contributed by atoms with Crippen LogP contribution in [0.5, 0.6) is 0 Å². The van der Waals surface area contributed by atoms with Gasteiger partial charge in [-0.2, -0.15) is 0 Å². The summed E-state index contributed by atoms with van der Waals surface area (Å²) in [7, 11) is 0. The van der Waals surface area contributed by atoms with E-state index >= 15 is 0 Å². The summed E-state index contributed by atoms with van der Waals surface area (Å²) < 4.78 is 5.64. The summed E-state index contributed by atoms with van der Waals surface area (Å²) in [6.45, 7) is 6.78. The summed E-state index contributed by atoms with van der Waals surface area (Å²) >= 11 is 0. The number of hydrogen-bond acceptors (Lipinski definition) is 3. The number of nitrogens with zero attached hydrogens (tertiary/aromatic N) is 1. The Morgan fingerprint density at radius 1 is 1.26 bits per heavy atom. The van der Waals surface area contributed by atoms with Gasteiger partial charge in [-0.25, -0.2) is 0 Å². The van der Waals surface area contributed by atoms with Gasteiger partial charge in [-0.3, -0.25) is 4.90 Å². The molecule has 19 heavy (non-hydrogen) atoms. The average Bonchev–Trinajstić information content (AvgIpc) is 3.18. The highest BCUT2D eigenvalue weighted by molar-refractivity contribution is 5.17. The second kappa shape index (κ2) is 6.10. The van der Waals surface area contributed by atoms with Crippen LogP contribution in [0.15, 0.2) is 16.7 Å². The molecule has 1 aliphatic carbocycles. The third kappa shape index (κ3) is 3.61. The van der Waals surface area contributed by atoms with Gasteiger partial charge >= 0.3 is 0 Å². The number of piperidine rings is 1. The van der Waals surface area contributed by atoms with Crippen molar-refractivity contribution in [2.24, 2.45) is 5.92 Å². The molecule has 106 valence electrons. The lowest BCUT2D eigenvalue weighted by atomic mass is 9.94. The molecule has 0 aromatic carbocycles. The maximum absolute atomic E-state index is 5.64. The first-order chi connectivity index (χ1) is 9.35. The largest absolute Gasteiger partial charge is 0.468 e. The predicted molar refractivity (Wildman–Crippen MR) is 76.9 cm³/mol. The van der Waals surface area contributed by atoms with E-state index in [1.807, 2.05) is 6.26 Å². The van der Waals surface area contributed by atoms with Gasteiger partial charge in [0.05, 0.1) is 12.8 Å². The lowest BCUT2D eigenvalue weighted by Gasteiger charge is -2.31.